The molecule has 4 atom stereocenters. The van der Waals surface area contributed by atoms with E-state index < -0.39 is 42.0 Å². The molecule has 0 radical (unpaired) electrons. The van der Waals surface area contributed by atoms with Crippen LogP contribution in [-0.2, 0) is 19.2 Å². The first-order chi connectivity index (χ1) is 13.1. The van der Waals surface area contributed by atoms with Crippen molar-refractivity contribution in [2.24, 2.45) is 11.7 Å². The molecule has 1 aliphatic heterocycles. The number of rotatable bonds is 10. The summed E-state index contributed by atoms with van der Waals surface area (Å²) in [6.45, 7) is 5.42. The number of nitrogens with two attached hydrogens (primary N) is 1. The molecule has 3 amide bonds. The van der Waals surface area contributed by atoms with Crippen molar-refractivity contribution in [3.8, 4) is 0 Å². The maximum atomic E-state index is 12.8. The van der Waals surface area contributed by atoms with Crippen LogP contribution in [-0.4, -0.2) is 76.4 Å². The van der Waals surface area contributed by atoms with E-state index in [4.69, 9.17) is 5.73 Å². The molecule has 1 fully saturated rings. The summed E-state index contributed by atoms with van der Waals surface area (Å²) in [5, 5.41) is 14.5. The van der Waals surface area contributed by atoms with Crippen molar-refractivity contribution in [3.05, 3.63) is 0 Å². The van der Waals surface area contributed by atoms with E-state index in [9.17, 15) is 24.3 Å². The van der Waals surface area contributed by atoms with Crippen molar-refractivity contribution in [2.45, 2.75) is 64.2 Å². The molecule has 5 N–H and O–H groups in total. The fourth-order valence-corrected chi connectivity index (χ4v) is 3.58. The first-order valence-electron chi connectivity index (χ1n) is 9.48. The third kappa shape index (κ3) is 6.66. The highest BCUT2D eigenvalue weighted by atomic mass is 32.2. The predicted octanol–water partition coefficient (Wildman–Crippen LogP) is -0.212. The normalized spacial score (nSPS) is 19.8. The number of carbonyl (C=O) groups excluding carboxylic acids is 3. The number of hydrogen-bond acceptors (Lipinski definition) is 6. The van der Waals surface area contributed by atoms with E-state index in [1.54, 1.807) is 20.8 Å². The highest BCUT2D eigenvalue weighted by Gasteiger charge is 2.37. The van der Waals surface area contributed by atoms with Crippen molar-refractivity contribution in [1.82, 2.24) is 15.5 Å². The molecule has 1 rings (SSSR count). The summed E-state index contributed by atoms with van der Waals surface area (Å²) >= 11 is 1.52. The Morgan fingerprint density at radius 2 is 1.86 bits per heavy atom. The minimum atomic E-state index is -1.12. The van der Waals surface area contributed by atoms with Gasteiger partial charge in [-0.1, -0.05) is 13.8 Å². The molecule has 0 bridgehead atoms. The number of carboxylic acids is 1. The van der Waals surface area contributed by atoms with Crippen molar-refractivity contribution in [1.29, 1.82) is 0 Å². The molecule has 10 heteroatoms. The van der Waals surface area contributed by atoms with E-state index in [0.717, 1.165) is 0 Å². The van der Waals surface area contributed by atoms with Crippen LogP contribution < -0.4 is 16.4 Å². The van der Waals surface area contributed by atoms with Gasteiger partial charge in [-0.15, -0.1) is 0 Å². The molecule has 0 saturated carbocycles. The van der Waals surface area contributed by atoms with E-state index >= 15 is 0 Å². The number of carbonyl (C=O) groups is 4. The van der Waals surface area contributed by atoms with E-state index in [1.807, 2.05) is 6.26 Å². The molecule has 0 spiro atoms. The maximum absolute atomic E-state index is 12.8. The summed E-state index contributed by atoms with van der Waals surface area (Å²) in [6.07, 6.45) is 3.43. The smallest absolute Gasteiger partial charge is 0.326 e. The van der Waals surface area contributed by atoms with Crippen LogP contribution in [0.15, 0.2) is 0 Å². The molecule has 1 saturated heterocycles. The summed E-state index contributed by atoms with van der Waals surface area (Å²) in [5.74, 6) is -2.05. The standard InChI is InChI=1S/C18H32N4O5S/c1-10(2)14(18(26)27)21-15(23)12(7-9-28-4)20-16(24)13-6-5-8-22(13)17(25)11(3)19/h10-14H,5-9,19H2,1-4H3,(H,20,24)(H,21,23)(H,26,27). The second kappa shape index (κ2) is 11.3. The van der Waals surface area contributed by atoms with Crippen LogP contribution in [0.3, 0.4) is 0 Å². The molecule has 0 aromatic carbocycles. The Labute approximate surface area is 170 Å². The average molecular weight is 417 g/mol. The Bertz CT molecular complexity index is 584. The zero-order valence-electron chi connectivity index (χ0n) is 16.9. The summed E-state index contributed by atoms with van der Waals surface area (Å²) in [4.78, 5) is 50.4. The number of hydrogen-bond donors (Lipinski definition) is 4. The van der Waals surface area contributed by atoms with Gasteiger partial charge in [-0.25, -0.2) is 4.79 Å². The number of likely N-dealkylation sites (tertiary alicyclic amines) is 1. The van der Waals surface area contributed by atoms with E-state index in [0.29, 0.717) is 31.6 Å². The van der Waals surface area contributed by atoms with Gasteiger partial charge in [0.1, 0.15) is 18.1 Å². The number of thioether (sulfide) groups is 1. The lowest BCUT2D eigenvalue weighted by Crippen LogP contribution is -2.57. The van der Waals surface area contributed by atoms with E-state index in [2.05, 4.69) is 10.6 Å². The quantitative estimate of drug-likeness (QED) is 0.386. The number of nitrogens with one attached hydrogen (secondary N) is 2. The van der Waals surface area contributed by atoms with Crippen LogP contribution in [0.2, 0.25) is 0 Å². The molecule has 9 nitrogen and oxygen atoms in total. The van der Waals surface area contributed by atoms with Crippen LogP contribution in [0.25, 0.3) is 0 Å². The van der Waals surface area contributed by atoms with Gasteiger partial charge in [-0.3, -0.25) is 14.4 Å². The number of amides is 3. The van der Waals surface area contributed by atoms with Gasteiger partial charge in [0.25, 0.3) is 0 Å². The highest BCUT2D eigenvalue weighted by Crippen LogP contribution is 2.19. The largest absolute Gasteiger partial charge is 0.480 e. The van der Waals surface area contributed by atoms with E-state index in [-0.39, 0.29) is 11.8 Å². The molecule has 0 aliphatic carbocycles. The number of carboxylic acid groups (broad SMARTS) is 1. The summed E-state index contributed by atoms with van der Waals surface area (Å²) in [6, 6.07) is -3.27. The van der Waals surface area contributed by atoms with Crippen LogP contribution in [0.4, 0.5) is 0 Å². The van der Waals surface area contributed by atoms with Gasteiger partial charge in [0.05, 0.1) is 6.04 Å². The van der Waals surface area contributed by atoms with Gasteiger partial charge in [0.2, 0.25) is 17.7 Å². The fourth-order valence-electron chi connectivity index (χ4n) is 3.10. The van der Waals surface area contributed by atoms with Gasteiger partial charge < -0.3 is 26.4 Å². The zero-order chi connectivity index (χ0) is 21.4. The van der Waals surface area contributed by atoms with Crippen molar-refractivity contribution in [3.63, 3.8) is 0 Å². The third-order valence-electron chi connectivity index (χ3n) is 4.70. The number of nitrogens with zero attached hydrogens (tertiary/aromatic N) is 1. The van der Waals surface area contributed by atoms with Gasteiger partial charge in [-0.2, -0.15) is 11.8 Å². The molecule has 1 aliphatic rings. The Hall–Kier alpha value is -1.81. The van der Waals surface area contributed by atoms with Gasteiger partial charge in [0, 0.05) is 6.54 Å². The Morgan fingerprint density at radius 1 is 1.21 bits per heavy atom. The summed E-state index contributed by atoms with van der Waals surface area (Å²) < 4.78 is 0. The third-order valence-corrected chi connectivity index (χ3v) is 5.35. The van der Waals surface area contributed by atoms with Crippen molar-refractivity contribution in [2.75, 3.05) is 18.6 Å². The van der Waals surface area contributed by atoms with Crippen LogP contribution >= 0.6 is 11.8 Å². The molecule has 0 aromatic heterocycles. The number of aliphatic carboxylic acids is 1. The molecular weight excluding hydrogens is 384 g/mol. The fraction of sp³-hybridized carbons (Fsp3) is 0.778. The van der Waals surface area contributed by atoms with E-state index in [1.165, 1.54) is 16.7 Å². The Balaban J connectivity index is 2.86. The van der Waals surface area contributed by atoms with Crippen LogP contribution in [0.1, 0.15) is 40.0 Å². The minimum Gasteiger partial charge on any atom is -0.480 e. The molecule has 1 heterocycles. The van der Waals surface area contributed by atoms with Gasteiger partial charge in [-0.05, 0) is 44.1 Å². The monoisotopic (exact) mass is 416 g/mol. The minimum absolute atomic E-state index is 0.298. The Morgan fingerprint density at radius 3 is 2.36 bits per heavy atom. The highest BCUT2D eigenvalue weighted by molar-refractivity contribution is 7.98. The lowest BCUT2D eigenvalue weighted by molar-refractivity contribution is -0.144. The Kier molecular flexibility index (Phi) is 9.74. The molecule has 28 heavy (non-hydrogen) atoms. The molecule has 4 unspecified atom stereocenters. The summed E-state index contributed by atoms with van der Waals surface area (Å²) in [5.41, 5.74) is 5.66. The van der Waals surface area contributed by atoms with Gasteiger partial charge >= 0.3 is 5.97 Å². The van der Waals surface area contributed by atoms with Crippen LogP contribution in [0.5, 0.6) is 0 Å². The topological polar surface area (TPSA) is 142 Å². The average Bonchev–Trinajstić information content (AvgIpc) is 3.11. The van der Waals surface area contributed by atoms with Crippen molar-refractivity contribution < 1.29 is 24.3 Å². The zero-order valence-corrected chi connectivity index (χ0v) is 17.8. The van der Waals surface area contributed by atoms with Gasteiger partial charge in [0.15, 0.2) is 0 Å². The SMILES string of the molecule is CSCCC(NC(=O)C1CCCN1C(=O)C(C)N)C(=O)NC(C(=O)O)C(C)C. The molecular formula is C18H32N4O5S. The molecule has 0 aromatic rings. The first-order valence-corrected chi connectivity index (χ1v) is 10.9. The van der Waals surface area contributed by atoms with Crippen molar-refractivity contribution >= 4 is 35.5 Å². The molecule has 160 valence electrons. The predicted molar refractivity (Wildman–Crippen MR) is 108 cm³/mol. The lowest BCUT2D eigenvalue weighted by Gasteiger charge is -2.28. The summed E-state index contributed by atoms with van der Waals surface area (Å²) in [7, 11) is 0. The second-order valence-electron chi connectivity index (χ2n) is 7.39. The second-order valence-corrected chi connectivity index (χ2v) is 8.38. The lowest BCUT2D eigenvalue weighted by atomic mass is 10.0. The maximum Gasteiger partial charge on any atom is 0.326 e. The first kappa shape index (κ1) is 24.2. The van der Waals surface area contributed by atoms with Crippen LogP contribution in [0, 0.1) is 5.92 Å².